The Morgan fingerprint density at radius 1 is 1.15 bits per heavy atom. The van der Waals surface area contributed by atoms with Gasteiger partial charge in [-0.15, -0.1) is 10.2 Å². The number of para-hydroxylation sites is 1. The molecule has 2 heterocycles. The zero-order valence-electron chi connectivity index (χ0n) is 15.1. The third kappa shape index (κ3) is 3.55. The standard InChI is InChI=1S/C21H19N3OS2/c1-3-14-10-7-11-16-17(12-22-18(14)16)19(25)20(15-8-5-4-6-9-15)27-21-24-23-13(2)26-21/h4-12,20,22H,3H2,1-2H3/t20-/m0/s1. The van der Waals surface area contributed by atoms with Crippen LogP contribution in [-0.2, 0) is 6.42 Å². The summed E-state index contributed by atoms with van der Waals surface area (Å²) in [6.07, 6.45) is 2.76. The number of nitrogens with one attached hydrogen (secondary N) is 1. The minimum Gasteiger partial charge on any atom is -0.360 e. The maximum Gasteiger partial charge on any atom is 0.182 e. The number of carbonyl (C=O) groups is 1. The summed E-state index contributed by atoms with van der Waals surface area (Å²) in [7, 11) is 0. The second kappa shape index (κ2) is 7.66. The van der Waals surface area contributed by atoms with Gasteiger partial charge in [0.05, 0.1) is 0 Å². The summed E-state index contributed by atoms with van der Waals surface area (Å²) in [5, 5.41) is 9.82. The molecule has 0 unspecified atom stereocenters. The normalized spacial score (nSPS) is 12.4. The molecule has 4 aromatic rings. The van der Waals surface area contributed by atoms with Gasteiger partial charge < -0.3 is 4.98 Å². The molecule has 1 atom stereocenters. The molecule has 6 heteroatoms. The number of nitrogens with zero attached hydrogens (tertiary/aromatic N) is 2. The molecule has 0 spiro atoms. The second-order valence-corrected chi connectivity index (χ2v) is 8.79. The van der Waals surface area contributed by atoms with E-state index < -0.39 is 0 Å². The average molecular weight is 394 g/mol. The van der Waals surface area contributed by atoms with Crippen molar-refractivity contribution in [2.24, 2.45) is 0 Å². The first kappa shape index (κ1) is 17.9. The molecule has 0 aliphatic heterocycles. The van der Waals surface area contributed by atoms with Crippen LogP contribution in [0.25, 0.3) is 10.9 Å². The Morgan fingerprint density at radius 2 is 1.96 bits per heavy atom. The van der Waals surface area contributed by atoms with Gasteiger partial charge in [-0.05, 0) is 24.5 Å². The Kier molecular flexibility index (Phi) is 5.09. The van der Waals surface area contributed by atoms with Gasteiger partial charge in [-0.25, -0.2) is 0 Å². The van der Waals surface area contributed by atoms with Crippen molar-refractivity contribution in [3.8, 4) is 0 Å². The molecule has 1 N–H and O–H groups in total. The van der Waals surface area contributed by atoms with Crippen molar-refractivity contribution >= 4 is 39.8 Å². The number of hydrogen-bond donors (Lipinski definition) is 1. The Bertz CT molecular complexity index is 1090. The number of aromatic nitrogens is 3. The van der Waals surface area contributed by atoms with E-state index in [9.17, 15) is 4.79 Å². The smallest absolute Gasteiger partial charge is 0.182 e. The van der Waals surface area contributed by atoms with Gasteiger partial charge in [0.15, 0.2) is 10.1 Å². The van der Waals surface area contributed by atoms with Crippen LogP contribution in [0.5, 0.6) is 0 Å². The van der Waals surface area contributed by atoms with Crippen molar-refractivity contribution in [3.63, 3.8) is 0 Å². The van der Waals surface area contributed by atoms with Crippen molar-refractivity contribution in [2.75, 3.05) is 0 Å². The zero-order valence-corrected chi connectivity index (χ0v) is 16.7. The molecule has 27 heavy (non-hydrogen) atoms. The van der Waals surface area contributed by atoms with E-state index >= 15 is 0 Å². The van der Waals surface area contributed by atoms with Crippen LogP contribution in [-0.4, -0.2) is 21.0 Å². The first-order valence-corrected chi connectivity index (χ1v) is 10.5. The van der Waals surface area contributed by atoms with E-state index in [1.165, 1.54) is 28.7 Å². The molecule has 0 radical (unpaired) electrons. The first-order valence-electron chi connectivity index (χ1n) is 8.82. The Morgan fingerprint density at radius 3 is 2.67 bits per heavy atom. The number of H-pyrrole nitrogens is 1. The van der Waals surface area contributed by atoms with Crippen LogP contribution in [0.15, 0.2) is 59.1 Å². The number of benzene rings is 2. The fourth-order valence-electron chi connectivity index (χ4n) is 3.18. The molecule has 2 aromatic heterocycles. The van der Waals surface area contributed by atoms with Crippen LogP contribution in [0, 0.1) is 6.92 Å². The van der Waals surface area contributed by atoms with Gasteiger partial charge in [0.2, 0.25) is 0 Å². The van der Waals surface area contributed by atoms with E-state index in [1.54, 1.807) is 0 Å². The molecule has 0 bridgehead atoms. The van der Waals surface area contributed by atoms with Gasteiger partial charge >= 0.3 is 0 Å². The SMILES string of the molecule is CCc1cccc2c(C(=O)[C@@H](Sc3nnc(C)s3)c3ccccc3)c[nH]c12. The third-order valence-corrected chi connectivity index (χ3v) is 6.69. The predicted molar refractivity (Wildman–Crippen MR) is 112 cm³/mol. The Hall–Kier alpha value is -2.44. The summed E-state index contributed by atoms with van der Waals surface area (Å²) in [5.74, 6) is 0.0820. The summed E-state index contributed by atoms with van der Waals surface area (Å²) >= 11 is 2.98. The molecule has 0 aliphatic carbocycles. The maximum atomic E-state index is 13.5. The molecule has 4 nitrogen and oxygen atoms in total. The van der Waals surface area contributed by atoms with E-state index in [1.807, 2.05) is 55.6 Å². The Labute approximate surface area is 166 Å². The highest BCUT2D eigenvalue weighted by atomic mass is 32.2. The van der Waals surface area contributed by atoms with Gasteiger partial charge in [-0.3, -0.25) is 4.79 Å². The number of ketones is 1. The van der Waals surface area contributed by atoms with Crippen LogP contribution in [0.4, 0.5) is 0 Å². The summed E-state index contributed by atoms with van der Waals surface area (Å²) in [6.45, 7) is 4.05. The lowest BCUT2D eigenvalue weighted by atomic mass is 10.0. The summed E-state index contributed by atoms with van der Waals surface area (Å²) in [4.78, 5) is 16.9. The molecule has 0 saturated heterocycles. The van der Waals surface area contributed by atoms with Crippen LogP contribution in [0.2, 0.25) is 0 Å². The maximum absolute atomic E-state index is 13.5. The fourth-order valence-corrected chi connectivity index (χ4v) is 5.26. The minimum atomic E-state index is -0.358. The fraction of sp³-hybridized carbons (Fsp3) is 0.190. The van der Waals surface area contributed by atoms with Gasteiger partial charge in [-0.1, -0.05) is 78.6 Å². The summed E-state index contributed by atoms with van der Waals surface area (Å²) in [5.41, 5.74) is 3.96. The predicted octanol–water partition coefficient (Wildman–Crippen LogP) is 5.61. The lowest BCUT2D eigenvalue weighted by molar-refractivity contribution is 0.0991. The van der Waals surface area contributed by atoms with E-state index in [4.69, 9.17) is 0 Å². The zero-order chi connectivity index (χ0) is 18.8. The van der Waals surface area contributed by atoms with Crippen molar-refractivity contribution < 1.29 is 4.79 Å². The van der Waals surface area contributed by atoms with E-state index in [0.717, 1.165) is 37.8 Å². The van der Waals surface area contributed by atoms with E-state index in [2.05, 4.69) is 28.2 Å². The molecule has 0 amide bonds. The van der Waals surface area contributed by atoms with Crippen molar-refractivity contribution in [1.82, 2.24) is 15.2 Å². The van der Waals surface area contributed by atoms with Gasteiger partial charge in [0.25, 0.3) is 0 Å². The first-order chi connectivity index (χ1) is 13.2. The molecule has 0 saturated carbocycles. The lowest BCUT2D eigenvalue weighted by Crippen LogP contribution is -2.09. The second-order valence-electron chi connectivity index (χ2n) is 6.26. The molecule has 2 aromatic carbocycles. The largest absolute Gasteiger partial charge is 0.360 e. The highest BCUT2D eigenvalue weighted by Gasteiger charge is 2.27. The number of aromatic amines is 1. The molecular weight excluding hydrogens is 374 g/mol. The highest BCUT2D eigenvalue weighted by Crippen LogP contribution is 2.40. The van der Waals surface area contributed by atoms with Crippen LogP contribution < -0.4 is 0 Å². The molecule has 0 fully saturated rings. The van der Waals surface area contributed by atoms with Gasteiger partial charge in [-0.2, -0.15) is 0 Å². The van der Waals surface area contributed by atoms with Crippen molar-refractivity contribution in [3.05, 3.63) is 76.4 Å². The minimum absolute atomic E-state index is 0.0820. The van der Waals surface area contributed by atoms with E-state index in [-0.39, 0.29) is 11.0 Å². The number of rotatable bonds is 6. The molecular formula is C21H19N3OS2. The number of hydrogen-bond acceptors (Lipinski definition) is 5. The number of thioether (sulfide) groups is 1. The molecule has 4 rings (SSSR count). The monoisotopic (exact) mass is 393 g/mol. The third-order valence-electron chi connectivity index (χ3n) is 4.51. The van der Waals surface area contributed by atoms with Crippen molar-refractivity contribution in [2.45, 2.75) is 29.9 Å². The van der Waals surface area contributed by atoms with Crippen LogP contribution >= 0.6 is 23.1 Å². The molecule has 136 valence electrons. The highest BCUT2D eigenvalue weighted by molar-refractivity contribution is 8.01. The summed E-state index contributed by atoms with van der Waals surface area (Å²) in [6, 6.07) is 16.0. The number of fused-ring (bicyclic) bond motifs is 1. The van der Waals surface area contributed by atoms with E-state index in [0.29, 0.717) is 0 Å². The van der Waals surface area contributed by atoms with Gasteiger partial charge in [0, 0.05) is 22.7 Å². The Balaban J connectivity index is 1.77. The van der Waals surface area contributed by atoms with Gasteiger partial charge in [0.1, 0.15) is 10.3 Å². The number of Topliss-reactive ketones (excluding diaryl/α,β-unsaturated/α-hetero) is 1. The quantitative estimate of drug-likeness (QED) is 0.342. The van der Waals surface area contributed by atoms with Crippen LogP contribution in [0.1, 0.15) is 38.7 Å². The summed E-state index contributed by atoms with van der Waals surface area (Å²) < 4.78 is 0.809. The van der Waals surface area contributed by atoms with Crippen LogP contribution in [0.3, 0.4) is 0 Å². The lowest BCUT2D eigenvalue weighted by Gasteiger charge is -2.14. The molecule has 0 aliphatic rings. The number of carbonyl (C=O) groups excluding carboxylic acids is 1. The van der Waals surface area contributed by atoms with Crippen molar-refractivity contribution in [1.29, 1.82) is 0 Å². The average Bonchev–Trinajstić information content (AvgIpc) is 3.32. The number of aryl methyl sites for hydroxylation is 2. The topological polar surface area (TPSA) is 58.6 Å².